The summed E-state index contributed by atoms with van der Waals surface area (Å²) >= 11 is 0. The number of aryl methyl sites for hydroxylation is 2. The van der Waals surface area contributed by atoms with Gasteiger partial charge in [0.15, 0.2) is 0 Å². The third-order valence-electron chi connectivity index (χ3n) is 3.02. The molecule has 0 aromatic carbocycles. The highest BCUT2D eigenvalue weighted by Gasteiger charge is 2.14. The molecule has 0 aliphatic carbocycles. The van der Waals surface area contributed by atoms with Crippen molar-refractivity contribution in [2.75, 3.05) is 26.3 Å². The third kappa shape index (κ3) is 4.43. The second-order valence-corrected chi connectivity index (χ2v) is 4.54. The van der Waals surface area contributed by atoms with Gasteiger partial charge in [0.1, 0.15) is 5.82 Å². The van der Waals surface area contributed by atoms with Gasteiger partial charge in [-0.3, -0.25) is 9.59 Å². The number of nitrogens with zero attached hydrogens (tertiary/aromatic N) is 2. The molecule has 7 nitrogen and oxygen atoms in total. The molecular formula is C13H21N3O4. The fraction of sp³-hybridized carbons (Fsp3) is 0.615. The van der Waals surface area contributed by atoms with E-state index in [-0.39, 0.29) is 44.2 Å². The minimum Gasteiger partial charge on any atom is -0.395 e. The molecule has 0 fully saturated rings. The average Bonchev–Trinajstić information content (AvgIpc) is 2.37. The van der Waals surface area contributed by atoms with Gasteiger partial charge in [0.05, 0.1) is 13.2 Å². The number of carbonyl (C=O) groups excluding carboxylic acids is 1. The van der Waals surface area contributed by atoms with Crippen LogP contribution in [0.5, 0.6) is 0 Å². The highest BCUT2D eigenvalue weighted by molar-refractivity contribution is 5.76. The van der Waals surface area contributed by atoms with Gasteiger partial charge < -0.3 is 20.1 Å². The largest absolute Gasteiger partial charge is 0.395 e. The minimum absolute atomic E-state index is 0.147. The molecule has 0 aliphatic heterocycles. The molecule has 20 heavy (non-hydrogen) atoms. The molecule has 0 spiro atoms. The molecule has 1 amide bonds. The first-order chi connectivity index (χ1) is 9.49. The van der Waals surface area contributed by atoms with Crippen molar-refractivity contribution < 1.29 is 15.0 Å². The van der Waals surface area contributed by atoms with Crippen LogP contribution in [0.1, 0.15) is 23.5 Å². The Morgan fingerprint density at radius 2 is 1.85 bits per heavy atom. The summed E-state index contributed by atoms with van der Waals surface area (Å²) in [4.78, 5) is 31.9. The molecular weight excluding hydrogens is 262 g/mol. The van der Waals surface area contributed by atoms with E-state index in [4.69, 9.17) is 10.2 Å². The normalized spacial score (nSPS) is 10.6. The van der Waals surface area contributed by atoms with Crippen LogP contribution < -0.4 is 5.56 Å². The number of aliphatic hydroxyl groups is 2. The lowest BCUT2D eigenvalue weighted by Crippen LogP contribution is -2.36. The molecule has 1 aromatic heterocycles. The molecule has 1 rings (SSSR count). The van der Waals surface area contributed by atoms with Gasteiger partial charge in [-0.1, -0.05) is 0 Å². The lowest BCUT2D eigenvalue weighted by atomic mass is 10.1. The Hall–Kier alpha value is -1.73. The van der Waals surface area contributed by atoms with E-state index in [1.807, 2.05) is 0 Å². The van der Waals surface area contributed by atoms with E-state index in [0.29, 0.717) is 23.5 Å². The fourth-order valence-electron chi connectivity index (χ4n) is 2.04. The number of hydrogen-bond donors (Lipinski definition) is 3. The topological polar surface area (TPSA) is 107 Å². The highest BCUT2D eigenvalue weighted by atomic mass is 16.3. The summed E-state index contributed by atoms with van der Waals surface area (Å²) in [6.07, 6.45) is 0.440. The maximum absolute atomic E-state index is 12.0. The van der Waals surface area contributed by atoms with Gasteiger partial charge in [-0.25, -0.2) is 4.98 Å². The van der Waals surface area contributed by atoms with Crippen LogP contribution in [0.2, 0.25) is 0 Å². The SMILES string of the molecule is Cc1nc(C)c(CCC(=O)N(CCO)CCO)c(=O)[nH]1. The zero-order valence-corrected chi connectivity index (χ0v) is 11.8. The maximum atomic E-state index is 12.0. The Labute approximate surface area is 117 Å². The van der Waals surface area contributed by atoms with Crippen molar-refractivity contribution in [1.82, 2.24) is 14.9 Å². The molecule has 0 atom stereocenters. The minimum atomic E-state index is -0.223. The fourth-order valence-corrected chi connectivity index (χ4v) is 2.04. The number of amides is 1. The first kappa shape index (κ1) is 16.3. The number of H-pyrrole nitrogens is 1. The van der Waals surface area contributed by atoms with Crippen LogP contribution in [-0.2, 0) is 11.2 Å². The molecule has 0 saturated carbocycles. The second-order valence-electron chi connectivity index (χ2n) is 4.54. The molecule has 0 saturated heterocycles. The second kappa shape index (κ2) is 7.76. The van der Waals surface area contributed by atoms with E-state index in [1.54, 1.807) is 13.8 Å². The van der Waals surface area contributed by atoms with Crippen molar-refractivity contribution in [3.8, 4) is 0 Å². The van der Waals surface area contributed by atoms with E-state index >= 15 is 0 Å². The number of hydrogen-bond acceptors (Lipinski definition) is 5. The number of aliphatic hydroxyl groups excluding tert-OH is 2. The summed E-state index contributed by atoms with van der Waals surface area (Å²) in [6, 6.07) is 0. The summed E-state index contributed by atoms with van der Waals surface area (Å²) in [5.41, 5.74) is 0.894. The van der Waals surface area contributed by atoms with Crippen LogP contribution in [0, 0.1) is 13.8 Å². The number of aromatic nitrogens is 2. The third-order valence-corrected chi connectivity index (χ3v) is 3.02. The van der Waals surface area contributed by atoms with Crippen LogP contribution >= 0.6 is 0 Å². The van der Waals surface area contributed by atoms with Crippen molar-refractivity contribution in [2.45, 2.75) is 26.7 Å². The van der Waals surface area contributed by atoms with Crippen LogP contribution in [0.15, 0.2) is 4.79 Å². The lowest BCUT2D eigenvalue weighted by Gasteiger charge is -2.20. The number of rotatable bonds is 7. The molecule has 3 N–H and O–H groups in total. The van der Waals surface area contributed by atoms with Crippen molar-refractivity contribution in [3.63, 3.8) is 0 Å². The predicted molar refractivity (Wildman–Crippen MR) is 73.4 cm³/mol. The zero-order valence-electron chi connectivity index (χ0n) is 11.8. The first-order valence-electron chi connectivity index (χ1n) is 6.55. The molecule has 0 radical (unpaired) electrons. The van der Waals surface area contributed by atoms with Crippen LogP contribution in [0.25, 0.3) is 0 Å². The Balaban J connectivity index is 2.71. The van der Waals surface area contributed by atoms with E-state index < -0.39 is 0 Å². The summed E-state index contributed by atoms with van der Waals surface area (Å²) in [5.74, 6) is 0.345. The van der Waals surface area contributed by atoms with Crippen molar-refractivity contribution in [2.24, 2.45) is 0 Å². The van der Waals surface area contributed by atoms with Crippen molar-refractivity contribution in [1.29, 1.82) is 0 Å². The van der Waals surface area contributed by atoms with Crippen LogP contribution in [-0.4, -0.2) is 57.3 Å². The average molecular weight is 283 g/mol. The number of nitrogens with one attached hydrogen (secondary N) is 1. The highest BCUT2D eigenvalue weighted by Crippen LogP contribution is 2.04. The summed E-state index contributed by atoms with van der Waals surface area (Å²) in [7, 11) is 0. The molecule has 0 bridgehead atoms. The first-order valence-corrected chi connectivity index (χ1v) is 6.55. The van der Waals surface area contributed by atoms with Gasteiger partial charge in [0.25, 0.3) is 5.56 Å². The Kier molecular flexibility index (Phi) is 6.33. The predicted octanol–water partition coefficient (Wildman–Crippen LogP) is -0.867. The molecule has 1 aromatic rings. The van der Waals surface area contributed by atoms with Gasteiger partial charge in [0, 0.05) is 30.8 Å². The molecule has 112 valence electrons. The molecule has 0 unspecified atom stereocenters. The van der Waals surface area contributed by atoms with E-state index in [9.17, 15) is 9.59 Å². The summed E-state index contributed by atoms with van der Waals surface area (Å²) in [5, 5.41) is 17.8. The Morgan fingerprint density at radius 3 is 2.35 bits per heavy atom. The van der Waals surface area contributed by atoms with Crippen molar-refractivity contribution >= 4 is 5.91 Å². The number of aromatic amines is 1. The van der Waals surface area contributed by atoms with Gasteiger partial charge in [-0.2, -0.15) is 0 Å². The lowest BCUT2D eigenvalue weighted by molar-refractivity contribution is -0.132. The van der Waals surface area contributed by atoms with Gasteiger partial charge in [0.2, 0.25) is 5.91 Å². The van der Waals surface area contributed by atoms with Gasteiger partial charge >= 0.3 is 0 Å². The summed E-state index contributed by atoms with van der Waals surface area (Å²) in [6.45, 7) is 3.49. The Bertz CT molecular complexity index is 507. The number of carbonyl (C=O) groups is 1. The smallest absolute Gasteiger partial charge is 0.254 e. The van der Waals surface area contributed by atoms with Gasteiger partial charge in [-0.05, 0) is 20.3 Å². The quantitative estimate of drug-likeness (QED) is 0.603. The monoisotopic (exact) mass is 283 g/mol. The molecule has 1 heterocycles. The van der Waals surface area contributed by atoms with E-state index in [1.165, 1.54) is 4.90 Å². The van der Waals surface area contributed by atoms with Crippen molar-refractivity contribution in [3.05, 3.63) is 27.4 Å². The molecule has 0 aliphatic rings. The Morgan fingerprint density at radius 1 is 1.25 bits per heavy atom. The maximum Gasteiger partial charge on any atom is 0.254 e. The van der Waals surface area contributed by atoms with Gasteiger partial charge in [-0.15, -0.1) is 0 Å². The van der Waals surface area contributed by atoms with E-state index in [0.717, 1.165) is 0 Å². The molecule has 7 heteroatoms. The summed E-state index contributed by atoms with van der Waals surface area (Å²) < 4.78 is 0. The van der Waals surface area contributed by atoms with Crippen LogP contribution in [0.3, 0.4) is 0 Å². The van der Waals surface area contributed by atoms with Crippen LogP contribution in [0.4, 0.5) is 0 Å². The van der Waals surface area contributed by atoms with E-state index in [2.05, 4.69) is 9.97 Å². The zero-order chi connectivity index (χ0) is 15.1. The standard InChI is InChI=1S/C13H21N3O4/c1-9-11(13(20)15-10(2)14-9)3-4-12(19)16(5-7-17)6-8-18/h17-18H,3-8H2,1-2H3,(H,14,15,20).